The maximum Gasteiger partial charge on any atom is 0.103 e. The van der Waals surface area contributed by atoms with E-state index in [4.69, 9.17) is 9.47 Å². The highest BCUT2D eigenvalue weighted by Gasteiger charge is 2.14. The summed E-state index contributed by atoms with van der Waals surface area (Å²) in [6, 6.07) is 4.18. The molecule has 0 aliphatic heterocycles. The topological polar surface area (TPSA) is 38.7 Å². The Morgan fingerprint density at radius 1 is 1.05 bits per heavy atom. The Morgan fingerprint density at radius 3 is 2.10 bits per heavy atom. The molecule has 0 radical (unpaired) electrons. The summed E-state index contributed by atoms with van der Waals surface area (Å²) < 4.78 is 11.1. The Morgan fingerprint density at radius 2 is 1.60 bits per heavy atom. The highest BCUT2D eigenvalue weighted by atomic mass is 16.5. The van der Waals surface area contributed by atoms with Gasteiger partial charge in [0.25, 0.3) is 0 Å². The normalized spacial score (nSPS) is 13.6. The highest BCUT2D eigenvalue weighted by molar-refractivity contribution is 5.38. The molecule has 0 amide bonds. The van der Waals surface area contributed by atoms with Crippen LogP contribution in [0.5, 0.6) is 0 Å². The predicted octanol–water partition coefficient (Wildman–Crippen LogP) is 3.48. The van der Waals surface area contributed by atoms with Gasteiger partial charge in [-0.15, -0.1) is 0 Å². The van der Waals surface area contributed by atoms with E-state index in [1.54, 1.807) is 0 Å². The van der Waals surface area contributed by atoms with Crippen molar-refractivity contribution in [3.8, 4) is 0 Å². The minimum Gasteiger partial charge on any atom is -0.386 e. The number of benzene rings is 1. The molecule has 1 aromatic rings. The van der Waals surface area contributed by atoms with E-state index in [9.17, 15) is 5.11 Å². The molecule has 0 fully saturated rings. The predicted molar refractivity (Wildman–Crippen MR) is 82.1 cm³/mol. The van der Waals surface area contributed by atoms with Gasteiger partial charge in [-0.25, -0.2) is 0 Å². The van der Waals surface area contributed by atoms with Crippen molar-refractivity contribution in [2.45, 2.75) is 53.2 Å². The van der Waals surface area contributed by atoms with Gasteiger partial charge in [-0.2, -0.15) is 0 Å². The number of hydrogen-bond acceptors (Lipinski definition) is 3. The maximum absolute atomic E-state index is 10.3. The van der Waals surface area contributed by atoms with Crippen molar-refractivity contribution in [3.05, 3.63) is 34.4 Å². The Bertz CT molecular complexity index is 409. The van der Waals surface area contributed by atoms with E-state index in [-0.39, 0.29) is 5.60 Å². The van der Waals surface area contributed by atoms with Crippen molar-refractivity contribution in [2.24, 2.45) is 0 Å². The maximum atomic E-state index is 10.3. The summed E-state index contributed by atoms with van der Waals surface area (Å²) in [5.41, 5.74) is 4.28. The van der Waals surface area contributed by atoms with E-state index in [1.165, 1.54) is 5.56 Å². The van der Waals surface area contributed by atoms with Gasteiger partial charge in [0.05, 0.1) is 25.4 Å². The molecule has 0 saturated heterocycles. The molecule has 1 atom stereocenters. The smallest absolute Gasteiger partial charge is 0.103 e. The largest absolute Gasteiger partial charge is 0.386 e. The summed E-state index contributed by atoms with van der Waals surface area (Å²) >= 11 is 0. The molecule has 1 unspecified atom stereocenters. The first kappa shape index (κ1) is 17.2. The number of ether oxygens (including phenoxy) is 2. The van der Waals surface area contributed by atoms with Crippen molar-refractivity contribution >= 4 is 0 Å². The van der Waals surface area contributed by atoms with Crippen molar-refractivity contribution in [2.75, 3.05) is 19.8 Å². The van der Waals surface area contributed by atoms with Gasteiger partial charge in [0.15, 0.2) is 0 Å². The van der Waals surface area contributed by atoms with Crippen LogP contribution in [0.25, 0.3) is 0 Å². The standard InChI is InChI=1S/C17H28O3/c1-12-9-13(2)16(14(3)10-12)15(18)11-19-7-8-20-17(4,5)6/h9-10,15,18H,7-8,11H2,1-6H3. The van der Waals surface area contributed by atoms with Gasteiger partial charge in [-0.1, -0.05) is 17.7 Å². The molecule has 0 bridgehead atoms. The molecule has 20 heavy (non-hydrogen) atoms. The zero-order chi connectivity index (χ0) is 15.3. The zero-order valence-corrected chi connectivity index (χ0v) is 13.6. The van der Waals surface area contributed by atoms with Crippen LogP contribution in [0.3, 0.4) is 0 Å². The number of aryl methyl sites for hydroxylation is 3. The average Bonchev–Trinajstić information content (AvgIpc) is 2.25. The lowest BCUT2D eigenvalue weighted by molar-refractivity contribution is -0.0478. The minimum atomic E-state index is -0.578. The lowest BCUT2D eigenvalue weighted by atomic mass is 9.96. The second-order valence-electron chi connectivity index (χ2n) is 6.36. The molecule has 114 valence electrons. The van der Waals surface area contributed by atoms with Crippen LogP contribution in [0.2, 0.25) is 0 Å². The van der Waals surface area contributed by atoms with Gasteiger partial charge in [0.1, 0.15) is 6.10 Å². The third kappa shape index (κ3) is 5.61. The first-order chi connectivity index (χ1) is 9.20. The molecule has 0 heterocycles. The van der Waals surface area contributed by atoms with Crippen LogP contribution in [-0.2, 0) is 9.47 Å². The van der Waals surface area contributed by atoms with Gasteiger partial charge < -0.3 is 14.6 Å². The molecule has 0 aromatic heterocycles. The number of rotatable bonds is 6. The van der Waals surface area contributed by atoms with Crippen LogP contribution in [0.15, 0.2) is 12.1 Å². The van der Waals surface area contributed by atoms with Crippen LogP contribution >= 0.6 is 0 Å². The van der Waals surface area contributed by atoms with Gasteiger partial charge in [-0.3, -0.25) is 0 Å². The van der Waals surface area contributed by atoms with E-state index in [1.807, 2.05) is 34.6 Å². The fourth-order valence-corrected chi connectivity index (χ4v) is 2.40. The molecule has 3 heteroatoms. The van der Waals surface area contributed by atoms with E-state index < -0.39 is 6.10 Å². The van der Waals surface area contributed by atoms with Crippen molar-refractivity contribution in [1.29, 1.82) is 0 Å². The lowest BCUT2D eigenvalue weighted by Crippen LogP contribution is -2.22. The van der Waals surface area contributed by atoms with Crippen LogP contribution in [0.4, 0.5) is 0 Å². The molecule has 0 saturated carbocycles. The molecule has 0 aliphatic rings. The fraction of sp³-hybridized carbons (Fsp3) is 0.647. The fourth-order valence-electron chi connectivity index (χ4n) is 2.40. The van der Waals surface area contributed by atoms with E-state index in [0.717, 1.165) is 16.7 Å². The molecule has 1 rings (SSSR count). The first-order valence-corrected chi connectivity index (χ1v) is 7.18. The Balaban J connectivity index is 2.46. The van der Waals surface area contributed by atoms with Gasteiger partial charge in [0.2, 0.25) is 0 Å². The van der Waals surface area contributed by atoms with E-state index in [0.29, 0.717) is 19.8 Å². The van der Waals surface area contributed by atoms with Crippen molar-refractivity contribution < 1.29 is 14.6 Å². The monoisotopic (exact) mass is 280 g/mol. The summed E-state index contributed by atoms with van der Waals surface area (Å²) in [7, 11) is 0. The Hall–Kier alpha value is -0.900. The number of aliphatic hydroxyl groups excluding tert-OH is 1. The molecule has 0 aliphatic carbocycles. The number of hydrogen-bond donors (Lipinski definition) is 1. The number of aliphatic hydroxyl groups is 1. The van der Waals surface area contributed by atoms with Gasteiger partial charge >= 0.3 is 0 Å². The summed E-state index contributed by atoms with van der Waals surface area (Å²) in [6.07, 6.45) is -0.578. The average molecular weight is 280 g/mol. The SMILES string of the molecule is Cc1cc(C)c(C(O)COCCOC(C)(C)C)c(C)c1. The first-order valence-electron chi connectivity index (χ1n) is 7.18. The second-order valence-corrected chi connectivity index (χ2v) is 6.36. The lowest BCUT2D eigenvalue weighted by Gasteiger charge is -2.20. The van der Waals surface area contributed by atoms with Gasteiger partial charge in [-0.05, 0) is 58.2 Å². The van der Waals surface area contributed by atoms with Crippen LogP contribution < -0.4 is 0 Å². The Labute approximate surface area is 122 Å². The quantitative estimate of drug-likeness (QED) is 0.811. The van der Waals surface area contributed by atoms with E-state index >= 15 is 0 Å². The van der Waals surface area contributed by atoms with Crippen molar-refractivity contribution in [1.82, 2.24) is 0 Å². The second kappa shape index (κ2) is 7.21. The molecule has 3 nitrogen and oxygen atoms in total. The zero-order valence-electron chi connectivity index (χ0n) is 13.6. The summed E-state index contributed by atoms with van der Waals surface area (Å²) in [5.74, 6) is 0. The Kier molecular flexibility index (Phi) is 6.18. The molecule has 1 aromatic carbocycles. The minimum absolute atomic E-state index is 0.147. The van der Waals surface area contributed by atoms with Crippen LogP contribution in [0, 0.1) is 20.8 Å². The van der Waals surface area contributed by atoms with E-state index in [2.05, 4.69) is 19.1 Å². The van der Waals surface area contributed by atoms with Crippen molar-refractivity contribution in [3.63, 3.8) is 0 Å². The van der Waals surface area contributed by atoms with Crippen LogP contribution in [0.1, 0.15) is 49.1 Å². The third-order valence-electron chi connectivity index (χ3n) is 3.11. The van der Waals surface area contributed by atoms with Gasteiger partial charge in [0, 0.05) is 0 Å². The molecule has 1 N–H and O–H groups in total. The summed E-state index contributed by atoms with van der Waals surface area (Å²) in [4.78, 5) is 0. The third-order valence-corrected chi connectivity index (χ3v) is 3.11. The molecule has 0 spiro atoms. The summed E-state index contributed by atoms with van der Waals surface area (Å²) in [6.45, 7) is 13.5. The van der Waals surface area contributed by atoms with Crippen LogP contribution in [-0.4, -0.2) is 30.5 Å². The summed E-state index contributed by atoms with van der Waals surface area (Å²) in [5, 5.41) is 10.3. The highest BCUT2D eigenvalue weighted by Crippen LogP contribution is 2.23. The molecular weight excluding hydrogens is 252 g/mol. The molecular formula is C17H28O3.